The molecule has 1 N–H and O–H groups in total. The molecule has 30 heavy (non-hydrogen) atoms. The monoisotopic (exact) mass is 400 g/mol. The lowest BCUT2D eigenvalue weighted by Gasteiger charge is -2.32. The van der Waals surface area contributed by atoms with Gasteiger partial charge in [0.25, 0.3) is 0 Å². The Kier molecular flexibility index (Phi) is 5.61. The van der Waals surface area contributed by atoms with Crippen LogP contribution in [0.15, 0.2) is 66.7 Å². The van der Waals surface area contributed by atoms with Gasteiger partial charge in [0.2, 0.25) is 0 Å². The Morgan fingerprint density at radius 1 is 0.900 bits per heavy atom. The molecule has 1 aliphatic heterocycles. The fourth-order valence-electron chi connectivity index (χ4n) is 3.97. The lowest BCUT2D eigenvalue weighted by Crippen LogP contribution is -2.44. The van der Waals surface area contributed by atoms with Crippen molar-refractivity contribution >= 4 is 34.1 Å². The zero-order valence-corrected chi connectivity index (χ0v) is 16.9. The van der Waals surface area contributed by atoms with Gasteiger partial charge in [-0.05, 0) is 48.7 Å². The second kappa shape index (κ2) is 8.49. The van der Waals surface area contributed by atoms with Gasteiger partial charge < -0.3 is 10.2 Å². The number of anilines is 1. The van der Waals surface area contributed by atoms with E-state index in [1.54, 1.807) is 29.2 Å². The third-order valence-corrected chi connectivity index (χ3v) is 5.63. The van der Waals surface area contributed by atoms with Crippen LogP contribution in [0.3, 0.4) is 0 Å². The maximum absolute atomic E-state index is 13.1. The Morgan fingerprint density at radius 3 is 2.50 bits per heavy atom. The summed E-state index contributed by atoms with van der Waals surface area (Å²) in [5.74, 6) is -0.184. The van der Waals surface area contributed by atoms with E-state index in [0.29, 0.717) is 29.9 Å². The zero-order chi connectivity index (χ0) is 21.1. The molecule has 152 valence electrons. The number of hydrogen-bond donors (Lipinski definition) is 1. The molecule has 0 radical (unpaired) electrons. The summed E-state index contributed by atoms with van der Waals surface area (Å²) >= 11 is 0. The SMILES string of the molecule is CC(=O)c1cccc(NC(=O)N2CCC[C@H](C(=O)c3ccc4ccccc4c3)C2)c1. The van der Waals surface area contributed by atoms with Crippen LogP contribution in [0.2, 0.25) is 0 Å². The maximum Gasteiger partial charge on any atom is 0.321 e. The van der Waals surface area contributed by atoms with Crippen molar-refractivity contribution < 1.29 is 14.4 Å². The molecule has 0 saturated carbocycles. The number of ketones is 2. The van der Waals surface area contributed by atoms with Gasteiger partial charge in [0, 0.05) is 35.8 Å². The molecule has 1 saturated heterocycles. The topological polar surface area (TPSA) is 66.5 Å². The van der Waals surface area contributed by atoms with Gasteiger partial charge >= 0.3 is 6.03 Å². The van der Waals surface area contributed by atoms with Crippen LogP contribution in [0.25, 0.3) is 10.8 Å². The first-order chi connectivity index (χ1) is 14.5. The Bertz CT molecular complexity index is 1120. The second-order valence-electron chi connectivity index (χ2n) is 7.78. The van der Waals surface area contributed by atoms with Crippen molar-refractivity contribution in [3.8, 4) is 0 Å². The van der Waals surface area contributed by atoms with Crippen LogP contribution in [0.5, 0.6) is 0 Å². The maximum atomic E-state index is 13.1. The minimum atomic E-state index is -0.244. The molecule has 0 spiro atoms. The lowest BCUT2D eigenvalue weighted by molar-refractivity contribution is 0.0851. The Labute approximate surface area is 175 Å². The van der Waals surface area contributed by atoms with Crippen molar-refractivity contribution in [2.75, 3.05) is 18.4 Å². The molecule has 0 bridgehead atoms. The van der Waals surface area contributed by atoms with Crippen molar-refractivity contribution in [1.82, 2.24) is 4.90 Å². The van der Waals surface area contributed by atoms with Crippen LogP contribution >= 0.6 is 0 Å². The molecule has 3 aromatic carbocycles. The molecule has 1 aliphatic rings. The van der Waals surface area contributed by atoms with Gasteiger partial charge in [-0.1, -0.05) is 48.5 Å². The summed E-state index contributed by atoms with van der Waals surface area (Å²) in [6, 6.07) is 20.4. The molecule has 4 rings (SSSR count). The van der Waals surface area contributed by atoms with Crippen molar-refractivity contribution in [2.45, 2.75) is 19.8 Å². The van der Waals surface area contributed by atoms with E-state index >= 15 is 0 Å². The van der Waals surface area contributed by atoms with Gasteiger partial charge in [0.05, 0.1) is 0 Å². The summed E-state index contributed by atoms with van der Waals surface area (Å²) in [6.07, 6.45) is 1.56. The fraction of sp³-hybridized carbons (Fsp3) is 0.240. The Hall–Kier alpha value is -3.47. The predicted octanol–water partition coefficient (Wildman–Crippen LogP) is 5.17. The van der Waals surface area contributed by atoms with Crippen LogP contribution in [0, 0.1) is 5.92 Å². The molecule has 0 aromatic heterocycles. The number of likely N-dealkylation sites (tertiary alicyclic amines) is 1. The smallest absolute Gasteiger partial charge is 0.321 e. The minimum absolute atomic E-state index is 0.0508. The van der Waals surface area contributed by atoms with E-state index in [2.05, 4.69) is 5.32 Å². The molecule has 2 amide bonds. The van der Waals surface area contributed by atoms with Crippen LogP contribution in [-0.2, 0) is 0 Å². The van der Waals surface area contributed by atoms with Crippen molar-refractivity contribution in [1.29, 1.82) is 0 Å². The van der Waals surface area contributed by atoms with Gasteiger partial charge in [-0.2, -0.15) is 0 Å². The average Bonchev–Trinajstić information content (AvgIpc) is 2.78. The molecule has 0 aliphatic carbocycles. The fourth-order valence-corrected chi connectivity index (χ4v) is 3.97. The van der Waals surface area contributed by atoms with Gasteiger partial charge in [-0.15, -0.1) is 0 Å². The first kappa shape index (κ1) is 19.8. The summed E-state index contributed by atoms with van der Waals surface area (Å²) in [5, 5.41) is 5.00. The number of carbonyl (C=O) groups is 3. The van der Waals surface area contributed by atoms with E-state index in [-0.39, 0.29) is 23.5 Å². The van der Waals surface area contributed by atoms with Gasteiger partial charge in [-0.25, -0.2) is 4.79 Å². The number of Topliss-reactive ketones (excluding diaryl/α,β-unsaturated/α-hetero) is 2. The quantitative estimate of drug-likeness (QED) is 0.615. The molecule has 1 heterocycles. The highest BCUT2D eigenvalue weighted by molar-refractivity contribution is 6.02. The predicted molar refractivity (Wildman–Crippen MR) is 118 cm³/mol. The van der Waals surface area contributed by atoms with Crippen molar-refractivity contribution in [3.05, 3.63) is 77.9 Å². The number of carbonyl (C=O) groups excluding carboxylic acids is 3. The molecule has 5 heteroatoms. The summed E-state index contributed by atoms with van der Waals surface area (Å²) < 4.78 is 0. The summed E-state index contributed by atoms with van der Waals surface area (Å²) in [7, 11) is 0. The normalized spacial score (nSPS) is 16.3. The number of piperidine rings is 1. The zero-order valence-electron chi connectivity index (χ0n) is 16.9. The highest BCUT2D eigenvalue weighted by atomic mass is 16.2. The lowest BCUT2D eigenvalue weighted by atomic mass is 9.89. The molecule has 1 atom stereocenters. The average molecular weight is 400 g/mol. The van der Waals surface area contributed by atoms with Crippen LogP contribution in [0.4, 0.5) is 10.5 Å². The minimum Gasteiger partial charge on any atom is -0.324 e. The van der Waals surface area contributed by atoms with E-state index in [0.717, 1.165) is 23.6 Å². The molecule has 5 nitrogen and oxygen atoms in total. The first-order valence-electron chi connectivity index (χ1n) is 10.2. The van der Waals surface area contributed by atoms with E-state index < -0.39 is 0 Å². The third kappa shape index (κ3) is 4.25. The number of urea groups is 1. The number of nitrogens with one attached hydrogen (secondary N) is 1. The van der Waals surface area contributed by atoms with Crippen LogP contribution < -0.4 is 5.32 Å². The third-order valence-electron chi connectivity index (χ3n) is 5.63. The van der Waals surface area contributed by atoms with Gasteiger partial charge in [0.1, 0.15) is 0 Å². The highest BCUT2D eigenvalue weighted by Gasteiger charge is 2.29. The van der Waals surface area contributed by atoms with E-state index in [9.17, 15) is 14.4 Å². The van der Waals surface area contributed by atoms with E-state index in [4.69, 9.17) is 0 Å². The van der Waals surface area contributed by atoms with Crippen LogP contribution in [0.1, 0.15) is 40.5 Å². The highest BCUT2D eigenvalue weighted by Crippen LogP contribution is 2.24. The molecular weight excluding hydrogens is 376 g/mol. The number of rotatable bonds is 4. The van der Waals surface area contributed by atoms with E-state index in [1.807, 2.05) is 42.5 Å². The molecule has 0 unspecified atom stereocenters. The van der Waals surface area contributed by atoms with E-state index in [1.165, 1.54) is 6.92 Å². The second-order valence-corrected chi connectivity index (χ2v) is 7.78. The molecular formula is C25H24N2O3. The number of fused-ring (bicyclic) bond motifs is 1. The number of benzene rings is 3. The summed E-state index contributed by atoms with van der Waals surface area (Å²) in [6.45, 7) is 2.50. The van der Waals surface area contributed by atoms with Crippen molar-refractivity contribution in [3.63, 3.8) is 0 Å². The molecule has 1 fully saturated rings. The summed E-state index contributed by atoms with van der Waals surface area (Å²) in [4.78, 5) is 39.1. The first-order valence-corrected chi connectivity index (χ1v) is 10.2. The largest absolute Gasteiger partial charge is 0.324 e. The summed E-state index contributed by atoms with van der Waals surface area (Å²) in [5.41, 5.74) is 1.82. The molecule has 3 aromatic rings. The standard InChI is InChI=1S/C25H24N2O3/c1-17(28)19-8-4-10-23(15-19)26-25(30)27-13-5-9-22(16-27)24(29)21-12-11-18-6-2-3-7-20(18)14-21/h2-4,6-8,10-12,14-15,22H,5,9,13,16H2,1H3,(H,26,30)/t22-/m0/s1. The Balaban J connectivity index is 1.45. The number of amides is 2. The van der Waals surface area contributed by atoms with Crippen molar-refractivity contribution in [2.24, 2.45) is 5.92 Å². The van der Waals surface area contributed by atoms with Gasteiger partial charge in [0.15, 0.2) is 11.6 Å². The Morgan fingerprint density at radius 2 is 1.70 bits per heavy atom. The van der Waals surface area contributed by atoms with Crippen LogP contribution in [-0.4, -0.2) is 35.6 Å². The number of hydrogen-bond acceptors (Lipinski definition) is 3. The van der Waals surface area contributed by atoms with Gasteiger partial charge in [-0.3, -0.25) is 9.59 Å². The number of nitrogens with zero attached hydrogens (tertiary/aromatic N) is 1.